The van der Waals surface area contributed by atoms with Gasteiger partial charge in [-0.25, -0.2) is 0 Å². The van der Waals surface area contributed by atoms with Crippen molar-refractivity contribution in [3.05, 3.63) is 34.3 Å². The van der Waals surface area contributed by atoms with Crippen LogP contribution in [-0.2, 0) is 6.42 Å². The lowest BCUT2D eigenvalue weighted by molar-refractivity contribution is 0.0689. The molecule has 0 atom stereocenters. The third-order valence-corrected chi connectivity index (χ3v) is 2.97. The highest BCUT2D eigenvalue weighted by atomic mass is 79.9. The SMILES string of the molecule is CC(C)(O)CCCc1ccccc1Br. The van der Waals surface area contributed by atoms with E-state index in [2.05, 4.69) is 28.1 Å². The smallest absolute Gasteiger partial charge is 0.0591 e. The fourth-order valence-electron chi connectivity index (χ4n) is 1.41. The molecule has 0 bridgehead atoms. The van der Waals surface area contributed by atoms with E-state index in [-0.39, 0.29) is 0 Å². The Balaban J connectivity index is 2.43. The van der Waals surface area contributed by atoms with Gasteiger partial charge < -0.3 is 5.11 Å². The van der Waals surface area contributed by atoms with Gasteiger partial charge in [-0.2, -0.15) is 0 Å². The molecule has 1 aromatic rings. The second kappa shape index (κ2) is 4.94. The summed E-state index contributed by atoms with van der Waals surface area (Å²) in [5.41, 5.74) is 0.776. The van der Waals surface area contributed by atoms with Gasteiger partial charge in [0.2, 0.25) is 0 Å². The number of hydrogen-bond donors (Lipinski definition) is 1. The van der Waals surface area contributed by atoms with Crippen LogP contribution in [0.5, 0.6) is 0 Å². The molecule has 0 fully saturated rings. The van der Waals surface area contributed by atoms with E-state index in [0.717, 1.165) is 23.7 Å². The van der Waals surface area contributed by atoms with Crippen LogP contribution in [0, 0.1) is 0 Å². The van der Waals surface area contributed by atoms with Gasteiger partial charge >= 0.3 is 0 Å². The van der Waals surface area contributed by atoms with Gasteiger partial charge in [0.15, 0.2) is 0 Å². The molecule has 78 valence electrons. The van der Waals surface area contributed by atoms with E-state index in [4.69, 9.17) is 0 Å². The Morgan fingerprint density at radius 1 is 1.29 bits per heavy atom. The maximum Gasteiger partial charge on any atom is 0.0591 e. The molecule has 0 aliphatic rings. The van der Waals surface area contributed by atoms with E-state index in [1.54, 1.807) is 0 Å². The normalized spacial score (nSPS) is 11.7. The van der Waals surface area contributed by atoms with E-state index in [0.29, 0.717) is 0 Å². The highest BCUT2D eigenvalue weighted by molar-refractivity contribution is 9.10. The number of rotatable bonds is 4. The summed E-state index contributed by atoms with van der Waals surface area (Å²) in [7, 11) is 0. The number of aliphatic hydroxyl groups is 1. The molecule has 0 radical (unpaired) electrons. The quantitative estimate of drug-likeness (QED) is 0.874. The summed E-state index contributed by atoms with van der Waals surface area (Å²) in [5.74, 6) is 0. The van der Waals surface area contributed by atoms with Gasteiger partial charge in [0.1, 0.15) is 0 Å². The molecule has 0 aromatic heterocycles. The predicted octanol–water partition coefficient (Wildman–Crippen LogP) is 3.54. The van der Waals surface area contributed by atoms with Crippen LogP contribution in [-0.4, -0.2) is 10.7 Å². The first-order valence-electron chi connectivity index (χ1n) is 4.95. The second-order valence-electron chi connectivity index (χ2n) is 4.26. The van der Waals surface area contributed by atoms with Crippen LogP contribution in [0.15, 0.2) is 28.7 Å². The van der Waals surface area contributed by atoms with Gasteiger partial charge in [-0.3, -0.25) is 0 Å². The molecule has 1 rings (SSSR count). The summed E-state index contributed by atoms with van der Waals surface area (Å²) < 4.78 is 1.16. The Morgan fingerprint density at radius 2 is 1.93 bits per heavy atom. The predicted molar refractivity (Wildman–Crippen MR) is 63.4 cm³/mol. The number of halogens is 1. The van der Waals surface area contributed by atoms with Gasteiger partial charge in [-0.1, -0.05) is 34.1 Å². The fourth-order valence-corrected chi connectivity index (χ4v) is 1.90. The summed E-state index contributed by atoms with van der Waals surface area (Å²) in [4.78, 5) is 0. The van der Waals surface area contributed by atoms with Gasteiger partial charge in [0.05, 0.1) is 5.60 Å². The Kier molecular flexibility index (Phi) is 4.14. The summed E-state index contributed by atoms with van der Waals surface area (Å²) in [6.07, 6.45) is 2.88. The van der Waals surface area contributed by atoms with Crippen molar-refractivity contribution in [2.24, 2.45) is 0 Å². The van der Waals surface area contributed by atoms with Gasteiger partial charge in [-0.05, 0) is 44.7 Å². The lowest BCUT2D eigenvalue weighted by Crippen LogP contribution is -2.18. The van der Waals surface area contributed by atoms with Gasteiger partial charge in [0, 0.05) is 4.47 Å². The van der Waals surface area contributed by atoms with Crippen LogP contribution in [0.2, 0.25) is 0 Å². The molecule has 0 amide bonds. The van der Waals surface area contributed by atoms with Crippen molar-refractivity contribution in [3.63, 3.8) is 0 Å². The lowest BCUT2D eigenvalue weighted by atomic mass is 9.99. The maximum atomic E-state index is 9.55. The molecule has 0 spiro atoms. The van der Waals surface area contributed by atoms with Crippen molar-refractivity contribution < 1.29 is 5.11 Å². The van der Waals surface area contributed by atoms with Gasteiger partial charge in [-0.15, -0.1) is 0 Å². The molecule has 0 aliphatic heterocycles. The van der Waals surface area contributed by atoms with Crippen LogP contribution in [0.1, 0.15) is 32.3 Å². The summed E-state index contributed by atoms with van der Waals surface area (Å²) >= 11 is 3.51. The van der Waals surface area contributed by atoms with E-state index in [1.165, 1.54) is 5.56 Å². The largest absolute Gasteiger partial charge is 0.390 e. The molecular weight excluding hydrogens is 240 g/mol. The molecular formula is C12H17BrO. The fraction of sp³-hybridized carbons (Fsp3) is 0.500. The minimum atomic E-state index is -0.540. The molecule has 0 saturated carbocycles. The zero-order valence-electron chi connectivity index (χ0n) is 8.76. The molecule has 0 saturated heterocycles. The van der Waals surface area contributed by atoms with Crippen LogP contribution in [0.25, 0.3) is 0 Å². The summed E-state index contributed by atoms with van der Waals surface area (Å²) in [6, 6.07) is 8.24. The van der Waals surface area contributed by atoms with Crippen molar-refractivity contribution in [3.8, 4) is 0 Å². The zero-order valence-corrected chi connectivity index (χ0v) is 10.3. The first-order chi connectivity index (χ1) is 6.49. The standard InChI is InChI=1S/C12H17BrO/c1-12(2,14)9-5-7-10-6-3-4-8-11(10)13/h3-4,6,8,14H,5,7,9H2,1-2H3. The minimum Gasteiger partial charge on any atom is -0.390 e. The molecule has 1 aromatic carbocycles. The third-order valence-electron chi connectivity index (χ3n) is 2.19. The first-order valence-corrected chi connectivity index (χ1v) is 5.74. The number of benzene rings is 1. The van der Waals surface area contributed by atoms with Crippen molar-refractivity contribution in [1.82, 2.24) is 0 Å². The number of aryl methyl sites for hydroxylation is 1. The molecule has 14 heavy (non-hydrogen) atoms. The lowest BCUT2D eigenvalue weighted by Gasteiger charge is -2.16. The molecule has 1 nitrogen and oxygen atoms in total. The third kappa shape index (κ3) is 4.25. The first kappa shape index (κ1) is 11.7. The van der Waals surface area contributed by atoms with Crippen molar-refractivity contribution >= 4 is 15.9 Å². The van der Waals surface area contributed by atoms with Crippen LogP contribution in [0.4, 0.5) is 0 Å². The molecule has 0 heterocycles. The Labute approximate surface area is 94.3 Å². The molecule has 0 unspecified atom stereocenters. The van der Waals surface area contributed by atoms with E-state index in [1.807, 2.05) is 26.0 Å². The molecule has 0 aliphatic carbocycles. The van der Waals surface area contributed by atoms with Crippen molar-refractivity contribution in [1.29, 1.82) is 0 Å². The molecule has 1 N–H and O–H groups in total. The van der Waals surface area contributed by atoms with Crippen LogP contribution < -0.4 is 0 Å². The monoisotopic (exact) mass is 256 g/mol. The highest BCUT2D eigenvalue weighted by Crippen LogP contribution is 2.20. The number of hydrogen-bond acceptors (Lipinski definition) is 1. The highest BCUT2D eigenvalue weighted by Gasteiger charge is 2.11. The summed E-state index contributed by atoms with van der Waals surface area (Å²) in [5, 5.41) is 9.55. The topological polar surface area (TPSA) is 20.2 Å². The zero-order chi connectivity index (χ0) is 10.6. The minimum absolute atomic E-state index is 0.540. The summed E-state index contributed by atoms with van der Waals surface area (Å²) in [6.45, 7) is 3.71. The second-order valence-corrected chi connectivity index (χ2v) is 5.11. The molecule has 2 heteroatoms. The van der Waals surface area contributed by atoms with E-state index in [9.17, 15) is 5.11 Å². The Morgan fingerprint density at radius 3 is 2.50 bits per heavy atom. The van der Waals surface area contributed by atoms with E-state index >= 15 is 0 Å². The van der Waals surface area contributed by atoms with Crippen LogP contribution >= 0.6 is 15.9 Å². The van der Waals surface area contributed by atoms with Crippen LogP contribution in [0.3, 0.4) is 0 Å². The van der Waals surface area contributed by atoms with Gasteiger partial charge in [0.25, 0.3) is 0 Å². The van der Waals surface area contributed by atoms with Crippen molar-refractivity contribution in [2.45, 2.75) is 38.7 Å². The average molecular weight is 257 g/mol. The van der Waals surface area contributed by atoms with Crippen molar-refractivity contribution in [2.75, 3.05) is 0 Å². The Hall–Kier alpha value is -0.340. The average Bonchev–Trinajstić information content (AvgIpc) is 2.06. The maximum absolute atomic E-state index is 9.55. The van der Waals surface area contributed by atoms with E-state index < -0.39 is 5.60 Å². The Bertz CT molecular complexity index is 289.